The van der Waals surface area contributed by atoms with Gasteiger partial charge in [-0.05, 0) is 12.8 Å². The van der Waals surface area contributed by atoms with Crippen molar-refractivity contribution in [3.63, 3.8) is 0 Å². The number of fused-ring (bicyclic) bond motifs is 1. The maximum Gasteiger partial charge on any atom is 0.303 e. The summed E-state index contributed by atoms with van der Waals surface area (Å²) < 4.78 is 10.4. The van der Waals surface area contributed by atoms with E-state index in [0.717, 1.165) is 12.8 Å². The topological polar surface area (TPSA) is 93.1 Å². The lowest BCUT2D eigenvalue weighted by Crippen LogP contribution is -2.65. The molecule has 0 radical (unpaired) electrons. The fourth-order valence-corrected chi connectivity index (χ4v) is 3.47. The molecular formula is C14H22O6. The molecule has 0 saturated heterocycles. The van der Waals surface area contributed by atoms with Crippen LogP contribution in [0.1, 0.15) is 52.4 Å². The lowest BCUT2D eigenvalue weighted by atomic mass is 9.62. The number of hydrogen-bond acceptors (Lipinski definition) is 6. The zero-order valence-corrected chi connectivity index (χ0v) is 11.9. The Balaban J connectivity index is 2.22. The predicted molar refractivity (Wildman–Crippen MR) is 68.7 cm³/mol. The second kappa shape index (κ2) is 5.33. The summed E-state index contributed by atoms with van der Waals surface area (Å²) in [5.41, 5.74) is -2.55. The van der Waals surface area contributed by atoms with Crippen molar-refractivity contribution in [1.82, 2.24) is 0 Å². The van der Waals surface area contributed by atoms with Gasteiger partial charge in [0, 0.05) is 26.7 Å². The Morgan fingerprint density at radius 2 is 1.25 bits per heavy atom. The molecule has 0 spiro atoms. The van der Waals surface area contributed by atoms with E-state index in [-0.39, 0.29) is 12.8 Å². The summed E-state index contributed by atoms with van der Waals surface area (Å²) >= 11 is 0. The maximum absolute atomic E-state index is 11.2. The normalized spacial score (nSPS) is 40.6. The smallest absolute Gasteiger partial charge is 0.303 e. The minimum absolute atomic E-state index is 0.0982. The molecule has 4 atom stereocenters. The number of carbonyl (C=O) groups excluding carboxylic acids is 2. The summed E-state index contributed by atoms with van der Waals surface area (Å²) in [6.45, 7) is 2.55. The summed E-state index contributed by atoms with van der Waals surface area (Å²) in [7, 11) is 0. The number of esters is 2. The number of ether oxygens (including phenoxy) is 2. The molecule has 6 nitrogen and oxygen atoms in total. The van der Waals surface area contributed by atoms with E-state index in [2.05, 4.69) is 0 Å². The van der Waals surface area contributed by atoms with Crippen LogP contribution in [0.15, 0.2) is 0 Å². The molecule has 2 saturated carbocycles. The average Bonchev–Trinajstić information content (AvgIpc) is 2.30. The second-order valence-corrected chi connectivity index (χ2v) is 5.97. The third kappa shape index (κ3) is 2.81. The molecule has 114 valence electrons. The minimum Gasteiger partial charge on any atom is -0.458 e. The van der Waals surface area contributed by atoms with Gasteiger partial charge >= 0.3 is 11.9 Å². The molecule has 0 aromatic heterocycles. The van der Waals surface area contributed by atoms with Crippen LogP contribution in [-0.2, 0) is 19.1 Å². The number of hydrogen-bond donors (Lipinski definition) is 2. The minimum atomic E-state index is -1.28. The van der Waals surface area contributed by atoms with Crippen molar-refractivity contribution < 1.29 is 29.3 Å². The van der Waals surface area contributed by atoms with Crippen molar-refractivity contribution in [1.29, 1.82) is 0 Å². The van der Waals surface area contributed by atoms with Crippen molar-refractivity contribution in [2.45, 2.75) is 75.8 Å². The molecule has 0 unspecified atom stereocenters. The Labute approximate surface area is 118 Å². The molecule has 0 amide bonds. The van der Waals surface area contributed by atoms with Gasteiger partial charge in [0.15, 0.2) is 0 Å². The zero-order chi connectivity index (χ0) is 15.0. The van der Waals surface area contributed by atoms with Gasteiger partial charge in [-0.25, -0.2) is 0 Å². The molecule has 2 fully saturated rings. The van der Waals surface area contributed by atoms with Crippen molar-refractivity contribution in [3.05, 3.63) is 0 Å². The molecule has 6 heteroatoms. The standard InChI is InChI=1S/C14H22O6/c1-9(15)19-11-7-13(17)5-3-4-6-14(13,18)8-12(11)20-10(2)16/h11-12,17-18H,3-8H2,1-2H3/t11-,12-,13+,14+/m0/s1. The molecule has 0 aromatic rings. The lowest BCUT2D eigenvalue weighted by Gasteiger charge is -2.53. The molecule has 0 heterocycles. The van der Waals surface area contributed by atoms with Crippen LogP contribution >= 0.6 is 0 Å². The average molecular weight is 286 g/mol. The molecule has 0 bridgehead atoms. The zero-order valence-electron chi connectivity index (χ0n) is 11.9. The monoisotopic (exact) mass is 286 g/mol. The van der Waals surface area contributed by atoms with E-state index in [4.69, 9.17) is 9.47 Å². The van der Waals surface area contributed by atoms with Gasteiger partial charge in [0.1, 0.15) is 12.2 Å². The Bertz CT molecular complexity index is 370. The van der Waals surface area contributed by atoms with Crippen LogP contribution in [0.25, 0.3) is 0 Å². The number of rotatable bonds is 2. The summed E-state index contributed by atoms with van der Waals surface area (Å²) in [5, 5.41) is 21.4. The van der Waals surface area contributed by atoms with E-state index in [1.165, 1.54) is 13.8 Å². The highest BCUT2D eigenvalue weighted by Gasteiger charge is 2.58. The fourth-order valence-electron chi connectivity index (χ4n) is 3.47. The van der Waals surface area contributed by atoms with Crippen LogP contribution in [0.2, 0.25) is 0 Å². The first-order chi connectivity index (χ1) is 9.26. The summed E-state index contributed by atoms with van der Waals surface area (Å²) in [6.07, 6.45) is 1.36. The van der Waals surface area contributed by atoms with Gasteiger partial charge in [-0.1, -0.05) is 12.8 Å². The van der Waals surface area contributed by atoms with E-state index in [1.54, 1.807) is 0 Å². The first kappa shape index (κ1) is 15.3. The number of aliphatic hydroxyl groups is 2. The highest BCUT2D eigenvalue weighted by molar-refractivity contribution is 5.67. The summed E-state index contributed by atoms with van der Waals surface area (Å²) in [5.74, 6) is -0.978. The summed E-state index contributed by atoms with van der Waals surface area (Å²) in [6, 6.07) is 0. The van der Waals surface area contributed by atoms with Crippen LogP contribution in [0.3, 0.4) is 0 Å². The largest absolute Gasteiger partial charge is 0.458 e. The molecule has 0 aliphatic heterocycles. The highest BCUT2D eigenvalue weighted by Crippen LogP contribution is 2.48. The van der Waals surface area contributed by atoms with Gasteiger partial charge in [0.05, 0.1) is 11.2 Å². The van der Waals surface area contributed by atoms with E-state index in [9.17, 15) is 19.8 Å². The van der Waals surface area contributed by atoms with Gasteiger partial charge in [0.25, 0.3) is 0 Å². The molecule has 20 heavy (non-hydrogen) atoms. The van der Waals surface area contributed by atoms with E-state index in [1.807, 2.05) is 0 Å². The fraction of sp³-hybridized carbons (Fsp3) is 0.857. The number of carbonyl (C=O) groups is 2. The molecule has 2 N–H and O–H groups in total. The van der Waals surface area contributed by atoms with E-state index in [0.29, 0.717) is 12.8 Å². The summed E-state index contributed by atoms with van der Waals surface area (Å²) in [4.78, 5) is 22.4. The van der Waals surface area contributed by atoms with Crippen LogP contribution < -0.4 is 0 Å². The van der Waals surface area contributed by atoms with Crippen molar-refractivity contribution in [2.24, 2.45) is 0 Å². The van der Waals surface area contributed by atoms with E-state index >= 15 is 0 Å². The second-order valence-electron chi connectivity index (χ2n) is 5.97. The molecule has 2 aliphatic rings. The Morgan fingerprint density at radius 3 is 1.55 bits per heavy atom. The predicted octanol–water partition coefficient (Wildman–Crippen LogP) is 0.680. The van der Waals surface area contributed by atoms with Crippen LogP contribution in [0.4, 0.5) is 0 Å². The quantitative estimate of drug-likeness (QED) is 0.725. The van der Waals surface area contributed by atoms with Crippen LogP contribution in [0, 0.1) is 0 Å². The third-order valence-corrected chi connectivity index (χ3v) is 4.42. The molecule has 0 aromatic carbocycles. The lowest BCUT2D eigenvalue weighted by molar-refractivity contribution is -0.246. The molecule has 2 rings (SSSR count). The van der Waals surface area contributed by atoms with Gasteiger partial charge in [0.2, 0.25) is 0 Å². The Morgan fingerprint density at radius 1 is 0.900 bits per heavy atom. The third-order valence-electron chi connectivity index (χ3n) is 4.42. The first-order valence-corrected chi connectivity index (χ1v) is 7.05. The van der Waals surface area contributed by atoms with Gasteiger partial charge in [-0.15, -0.1) is 0 Å². The highest BCUT2D eigenvalue weighted by atomic mass is 16.6. The van der Waals surface area contributed by atoms with Gasteiger partial charge < -0.3 is 19.7 Å². The van der Waals surface area contributed by atoms with Crippen molar-refractivity contribution in [2.75, 3.05) is 0 Å². The Hall–Kier alpha value is -1.14. The van der Waals surface area contributed by atoms with Gasteiger partial charge in [-0.3, -0.25) is 9.59 Å². The SMILES string of the molecule is CC(=O)O[C@H]1C[C@]2(O)CCCC[C@@]2(O)C[C@@H]1OC(C)=O. The Kier molecular flexibility index (Phi) is 4.07. The molecular weight excluding hydrogens is 264 g/mol. The van der Waals surface area contributed by atoms with E-state index < -0.39 is 35.3 Å². The van der Waals surface area contributed by atoms with Crippen molar-refractivity contribution in [3.8, 4) is 0 Å². The van der Waals surface area contributed by atoms with Gasteiger partial charge in [-0.2, -0.15) is 0 Å². The van der Waals surface area contributed by atoms with Crippen molar-refractivity contribution >= 4 is 11.9 Å². The first-order valence-electron chi connectivity index (χ1n) is 7.05. The maximum atomic E-state index is 11.2. The molecule has 2 aliphatic carbocycles. The van der Waals surface area contributed by atoms with Crippen LogP contribution in [-0.4, -0.2) is 45.6 Å². The van der Waals surface area contributed by atoms with Crippen LogP contribution in [0.5, 0.6) is 0 Å².